The van der Waals surface area contributed by atoms with Gasteiger partial charge in [0.05, 0.1) is 5.69 Å². The lowest BCUT2D eigenvalue weighted by Crippen LogP contribution is -2.36. The fourth-order valence-electron chi connectivity index (χ4n) is 4.08. The molecule has 3 aromatic rings. The maximum Gasteiger partial charge on any atom is 0.271 e. The summed E-state index contributed by atoms with van der Waals surface area (Å²) in [6.45, 7) is 7.98. The van der Waals surface area contributed by atoms with Crippen LogP contribution in [0.15, 0.2) is 59.4 Å². The molecule has 1 aliphatic heterocycles. The lowest BCUT2D eigenvalue weighted by Gasteiger charge is -2.23. The Bertz CT molecular complexity index is 1280. The van der Waals surface area contributed by atoms with Gasteiger partial charge in [0.2, 0.25) is 5.91 Å². The van der Waals surface area contributed by atoms with Crippen LogP contribution >= 0.6 is 0 Å². The molecule has 1 N–H and O–H groups in total. The van der Waals surface area contributed by atoms with Crippen molar-refractivity contribution in [2.75, 3.05) is 36.4 Å². The van der Waals surface area contributed by atoms with Gasteiger partial charge in [-0.25, -0.2) is 0 Å². The van der Waals surface area contributed by atoms with E-state index in [0.717, 1.165) is 29.8 Å². The Morgan fingerprint density at radius 2 is 1.74 bits per heavy atom. The monoisotopic (exact) mass is 459 g/mol. The van der Waals surface area contributed by atoms with Gasteiger partial charge in [-0.3, -0.25) is 14.4 Å². The summed E-state index contributed by atoms with van der Waals surface area (Å²) in [6, 6.07) is 16.1. The Balaban J connectivity index is 1.50. The van der Waals surface area contributed by atoms with Crippen molar-refractivity contribution in [3.8, 4) is 5.69 Å². The van der Waals surface area contributed by atoms with Gasteiger partial charge in [-0.05, 0) is 67.8 Å². The Morgan fingerprint density at radius 3 is 2.50 bits per heavy atom. The van der Waals surface area contributed by atoms with Crippen LogP contribution in [0.5, 0.6) is 0 Å². The van der Waals surface area contributed by atoms with E-state index in [-0.39, 0.29) is 17.4 Å². The molecule has 0 bridgehead atoms. The van der Waals surface area contributed by atoms with E-state index in [2.05, 4.69) is 15.3 Å². The predicted molar refractivity (Wildman–Crippen MR) is 133 cm³/mol. The molecule has 0 spiro atoms. The van der Waals surface area contributed by atoms with Crippen LogP contribution in [0.1, 0.15) is 34.8 Å². The number of nitrogens with zero attached hydrogens (tertiary/aromatic N) is 4. The van der Waals surface area contributed by atoms with Gasteiger partial charge in [0, 0.05) is 50.4 Å². The highest BCUT2D eigenvalue weighted by atomic mass is 16.2. The zero-order valence-electron chi connectivity index (χ0n) is 19.7. The van der Waals surface area contributed by atoms with E-state index >= 15 is 0 Å². The van der Waals surface area contributed by atoms with Crippen molar-refractivity contribution in [1.29, 1.82) is 0 Å². The molecule has 1 aromatic heterocycles. The van der Waals surface area contributed by atoms with Crippen molar-refractivity contribution >= 4 is 23.3 Å². The van der Waals surface area contributed by atoms with Crippen molar-refractivity contribution < 1.29 is 9.59 Å². The summed E-state index contributed by atoms with van der Waals surface area (Å²) in [4.78, 5) is 40.9. The molecule has 1 fully saturated rings. The van der Waals surface area contributed by atoms with E-state index in [4.69, 9.17) is 0 Å². The quantitative estimate of drug-likeness (QED) is 0.648. The van der Waals surface area contributed by atoms with E-state index in [0.29, 0.717) is 36.7 Å². The summed E-state index contributed by atoms with van der Waals surface area (Å²) in [7, 11) is 0. The highest BCUT2D eigenvalue weighted by Crippen LogP contribution is 2.18. The summed E-state index contributed by atoms with van der Waals surface area (Å²) < 4.78 is 1.43. The number of aromatic nitrogens is 2. The van der Waals surface area contributed by atoms with Crippen LogP contribution < -0.4 is 15.8 Å². The van der Waals surface area contributed by atoms with Crippen LogP contribution in [0.2, 0.25) is 0 Å². The van der Waals surface area contributed by atoms with Crippen LogP contribution in [-0.4, -0.2) is 52.7 Å². The minimum absolute atomic E-state index is 0.0675. The topological polar surface area (TPSA) is 87.5 Å². The highest BCUT2D eigenvalue weighted by Gasteiger charge is 2.22. The third-order valence-electron chi connectivity index (χ3n) is 6.06. The standard InChI is InChI=1S/C26H29N5O3/c1-18-8-9-23(16-19(18)2)31-25(33)11-10-24(28-31)29-12-5-13-30(15-14-29)26(34)21-6-4-7-22(17-21)27-20(3)32/h4,6-11,16-17H,5,12-15H2,1-3H3,(H,27,32). The van der Waals surface area contributed by atoms with Crippen molar-refractivity contribution in [3.05, 3.63) is 81.6 Å². The number of carbonyl (C=O) groups excluding carboxylic acids is 2. The third-order valence-corrected chi connectivity index (χ3v) is 6.06. The smallest absolute Gasteiger partial charge is 0.271 e. The molecular formula is C26H29N5O3. The van der Waals surface area contributed by atoms with Gasteiger partial charge in [0.15, 0.2) is 0 Å². The Hall–Kier alpha value is -3.94. The second kappa shape index (κ2) is 9.91. The Morgan fingerprint density at radius 1 is 0.912 bits per heavy atom. The lowest BCUT2D eigenvalue weighted by molar-refractivity contribution is -0.114. The largest absolute Gasteiger partial charge is 0.353 e. The zero-order chi connectivity index (χ0) is 24.2. The molecule has 0 aliphatic carbocycles. The van der Waals surface area contributed by atoms with Gasteiger partial charge in [0.1, 0.15) is 5.82 Å². The summed E-state index contributed by atoms with van der Waals surface area (Å²) in [5.41, 5.74) is 3.96. The van der Waals surface area contributed by atoms with Gasteiger partial charge >= 0.3 is 0 Å². The number of amides is 2. The highest BCUT2D eigenvalue weighted by molar-refractivity contribution is 5.96. The summed E-state index contributed by atoms with van der Waals surface area (Å²) in [5, 5.41) is 7.35. The second-order valence-electron chi connectivity index (χ2n) is 8.60. The van der Waals surface area contributed by atoms with Crippen molar-refractivity contribution in [3.63, 3.8) is 0 Å². The molecule has 2 amide bonds. The molecule has 4 rings (SSSR count). The van der Waals surface area contributed by atoms with Gasteiger partial charge in [-0.15, -0.1) is 5.10 Å². The Labute approximate surface area is 198 Å². The van der Waals surface area contributed by atoms with Crippen LogP contribution in [0.4, 0.5) is 11.5 Å². The zero-order valence-corrected chi connectivity index (χ0v) is 19.7. The van der Waals surface area contributed by atoms with E-state index < -0.39 is 0 Å². The van der Waals surface area contributed by atoms with Gasteiger partial charge in [0.25, 0.3) is 11.5 Å². The molecule has 1 saturated heterocycles. The molecule has 8 heteroatoms. The first-order valence-corrected chi connectivity index (χ1v) is 11.4. The van der Waals surface area contributed by atoms with Crippen LogP contribution in [0.3, 0.4) is 0 Å². The molecule has 0 unspecified atom stereocenters. The molecule has 176 valence electrons. The number of anilines is 2. The number of hydrogen-bond donors (Lipinski definition) is 1. The average molecular weight is 460 g/mol. The van der Waals surface area contributed by atoms with Gasteiger partial charge < -0.3 is 15.1 Å². The van der Waals surface area contributed by atoms with E-state index in [1.54, 1.807) is 36.4 Å². The molecule has 0 saturated carbocycles. The van der Waals surface area contributed by atoms with Gasteiger partial charge in [-0.1, -0.05) is 12.1 Å². The summed E-state index contributed by atoms with van der Waals surface area (Å²) in [6.07, 6.45) is 0.779. The number of aryl methyl sites for hydroxylation is 2. The number of benzene rings is 2. The molecule has 8 nitrogen and oxygen atoms in total. The van der Waals surface area contributed by atoms with Gasteiger partial charge in [-0.2, -0.15) is 4.68 Å². The number of hydrogen-bond acceptors (Lipinski definition) is 5. The predicted octanol–water partition coefficient (Wildman–Crippen LogP) is 3.16. The average Bonchev–Trinajstić information content (AvgIpc) is 3.07. The van der Waals surface area contributed by atoms with E-state index in [1.165, 1.54) is 11.6 Å². The number of carbonyl (C=O) groups is 2. The summed E-state index contributed by atoms with van der Waals surface area (Å²) in [5.74, 6) is 0.464. The van der Waals surface area contributed by atoms with Crippen LogP contribution in [-0.2, 0) is 4.79 Å². The summed E-state index contributed by atoms with van der Waals surface area (Å²) >= 11 is 0. The minimum Gasteiger partial charge on any atom is -0.353 e. The molecule has 1 aliphatic rings. The number of rotatable bonds is 4. The van der Waals surface area contributed by atoms with Crippen molar-refractivity contribution in [2.45, 2.75) is 27.2 Å². The molecule has 0 atom stereocenters. The van der Waals surface area contributed by atoms with Crippen molar-refractivity contribution in [1.82, 2.24) is 14.7 Å². The minimum atomic E-state index is -0.183. The van der Waals surface area contributed by atoms with E-state index in [9.17, 15) is 14.4 Å². The normalized spacial score (nSPS) is 14.0. The van der Waals surface area contributed by atoms with Crippen molar-refractivity contribution in [2.24, 2.45) is 0 Å². The fraction of sp³-hybridized carbons (Fsp3) is 0.308. The van der Waals surface area contributed by atoms with E-state index in [1.807, 2.05) is 36.9 Å². The maximum absolute atomic E-state index is 13.1. The molecule has 2 aromatic carbocycles. The first-order valence-electron chi connectivity index (χ1n) is 11.4. The first kappa shape index (κ1) is 23.2. The lowest BCUT2D eigenvalue weighted by atomic mass is 10.1. The molecule has 34 heavy (non-hydrogen) atoms. The first-order chi connectivity index (χ1) is 16.3. The fourth-order valence-corrected chi connectivity index (χ4v) is 4.08. The molecular weight excluding hydrogens is 430 g/mol. The van der Waals surface area contributed by atoms with Crippen LogP contribution in [0, 0.1) is 13.8 Å². The number of nitrogens with one attached hydrogen (secondary N) is 1. The Kier molecular flexibility index (Phi) is 6.77. The third kappa shape index (κ3) is 5.17. The molecule has 2 heterocycles. The molecule has 0 radical (unpaired) electrons. The van der Waals surface area contributed by atoms with Crippen LogP contribution in [0.25, 0.3) is 5.69 Å². The SMILES string of the molecule is CC(=O)Nc1cccc(C(=O)N2CCCN(c3ccc(=O)n(-c4ccc(C)c(C)c4)n3)CC2)c1. The second-order valence-corrected chi connectivity index (χ2v) is 8.60. The maximum atomic E-state index is 13.1.